The maximum Gasteiger partial charge on any atom is 0.194 e. The molecular formula is C8H14N4S. The van der Waals surface area contributed by atoms with Crippen molar-refractivity contribution >= 4 is 12.2 Å². The topological polar surface area (TPSA) is 36.9 Å². The molecule has 0 aliphatic carbocycles. The number of nitrogens with one attached hydrogen (secondary N) is 1. The molecule has 0 saturated carbocycles. The lowest BCUT2D eigenvalue weighted by Gasteiger charge is -2.13. The van der Waals surface area contributed by atoms with Gasteiger partial charge in [0.15, 0.2) is 4.77 Å². The van der Waals surface area contributed by atoms with E-state index in [4.69, 9.17) is 12.2 Å². The van der Waals surface area contributed by atoms with E-state index in [0.29, 0.717) is 0 Å². The Hall–Kier alpha value is -0.680. The van der Waals surface area contributed by atoms with Gasteiger partial charge in [0, 0.05) is 13.1 Å². The Bertz CT molecular complexity index is 310. The lowest BCUT2D eigenvalue weighted by molar-refractivity contribution is 0.321. The molecule has 0 unspecified atom stereocenters. The first-order chi connectivity index (χ1) is 6.36. The minimum Gasteiger partial charge on any atom is -0.305 e. The first-order valence-corrected chi connectivity index (χ1v) is 5.09. The van der Waals surface area contributed by atoms with Crippen molar-refractivity contribution in [2.75, 3.05) is 19.6 Å². The van der Waals surface area contributed by atoms with Crippen LogP contribution in [-0.2, 0) is 6.54 Å². The van der Waals surface area contributed by atoms with Crippen LogP contribution in [0.5, 0.6) is 0 Å². The van der Waals surface area contributed by atoms with Gasteiger partial charge in [0.1, 0.15) is 6.33 Å². The molecule has 72 valence electrons. The lowest BCUT2D eigenvalue weighted by atomic mass is 10.4. The molecule has 1 aromatic rings. The Morgan fingerprint density at radius 3 is 2.77 bits per heavy atom. The van der Waals surface area contributed by atoms with E-state index in [1.807, 2.05) is 4.57 Å². The van der Waals surface area contributed by atoms with E-state index >= 15 is 0 Å². The van der Waals surface area contributed by atoms with Crippen molar-refractivity contribution < 1.29 is 0 Å². The van der Waals surface area contributed by atoms with Gasteiger partial charge in [-0.3, -0.25) is 5.10 Å². The molecule has 1 fully saturated rings. The average molecular weight is 198 g/mol. The highest BCUT2D eigenvalue weighted by Crippen LogP contribution is 2.06. The van der Waals surface area contributed by atoms with Crippen molar-refractivity contribution in [2.45, 2.75) is 19.4 Å². The summed E-state index contributed by atoms with van der Waals surface area (Å²) in [5.41, 5.74) is 0. The standard InChI is InChI=1S/C8H14N4S/c13-8-10-9-7-12(8)6-5-11-3-1-2-4-11/h7H,1-6H2,(H,10,13). The van der Waals surface area contributed by atoms with Gasteiger partial charge in [0.25, 0.3) is 0 Å². The third-order valence-corrected chi connectivity index (χ3v) is 2.80. The molecule has 0 amide bonds. The molecule has 0 atom stereocenters. The monoisotopic (exact) mass is 198 g/mol. The summed E-state index contributed by atoms with van der Waals surface area (Å²) in [7, 11) is 0. The number of rotatable bonds is 3. The van der Waals surface area contributed by atoms with E-state index in [9.17, 15) is 0 Å². The second-order valence-electron chi connectivity index (χ2n) is 3.40. The van der Waals surface area contributed by atoms with Crippen LogP contribution in [0.25, 0.3) is 0 Å². The van der Waals surface area contributed by atoms with Crippen LogP contribution < -0.4 is 0 Å². The van der Waals surface area contributed by atoms with Crippen molar-refractivity contribution in [3.8, 4) is 0 Å². The molecule has 0 aromatic carbocycles. The number of likely N-dealkylation sites (tertiary alicyclic amines) is 1. The fraction of sp³-hybridized carbons (Fsp3) is 0.750. The molecule has 2 heterocycles. The fourth-order valence-electron chi connectivity index (χ4n) is 1.69. The van der Waals surface area contributed by atoms with E-state index in [2.05, 4.69) is 15.1 Å². The molecule has 1 aromatic heterocycles. The summed E-state index contributed by atoms with van der Waals surface area (Å²) in [5, 5.41) is 6.64. The number of nitrogens with zero attached hydrogens (tertiary/aromatic N) is 3. The number of aromatic amines is 1. The molecule has 0 radical (unpaired) electrons. The van der Waals surface area contributed by atoms with Gasteiger partial charge in [-0.25, -0.2) is 0 Å². The van der Waals surface area contributed by atoms with Gasteiger partial charge in [-0.15, -0.1) is 0 Å². The third kappa shape index (κ3) is 2.16. The zero-order valence-corrected chi connectivity index (χ0v) is 8.39. The number of hydrogen-bond donors (Lipinski definition) is 1. The van der Waals surface area contributed by atoms with Gasteiger partial charge < -0.3 is 9.47 Å². The Labute approximate surface area is 82.6 Å². The Morgan fingerprint density at radius 2 is 2.15 bits per heavy atom. The maximum atomic E-state index is 5.05. The summed E-state index contributed by atoms with van der Waals surface area (Å²) < 4.78 is 2.70. The first kappa shape index (κ1) is 8.90. The SMILES string of the molecule is S=c1[nH]ncn1CCN1CCCC1. The molecule has 5 heteroatoms. The van der Waals surface area contributed by atoms with Gasteiger partial charge in [0.05, 0.1) is 0 Å². The number of H-pyrrole nitrogens is 1. The molecule has 1 aliphatic rings. The minimum atomic E-state index is 0.721. The molecular weight excluding hydrogens is 184 g/mol. The van der Waals surface area contributed by atoms with Crippen LogP contribution in [0.2, 0.25) is 0 Å². The molecule has 0 spiro atoms. The lowest BCUT2D eigenvalue weighted by Crippen LogP contribution is -2.23. The van der Waals surface area contributed by atoms with E-state index in [0.717, 1.165) is 17.9 Å². The van der Waals surface area contributed by atoms with Crippen molar-refractivity contribution in [1.82, 2.24) is 19.7 Å². The van der Waals surface area contributed by atoms with Gasteiger partial charge in [-0.2, -0.15) is 5.10 Å². The van der Waals surface area contributed by atoms with Crippen LogP contribution in [0.15, 0.2) is 6.33 Å². The van der Waals surface area contributed by atoms with Crippen molar-refractivity contribution in [3.05, 3.63) is 11.1 Å². The van der Waals surface area contributed by atoms with Gasteiger partial charge in [0.2, 0.25) is 0 Å². The predicted molar refractivity (Wildman–Crippen MR) is 53.1 cm³/mol. The maximum absolute atomic E-state index is 5.05. The molecule has 2 rings (SSSR count). The Balaban J connectivity index is 1.85. The summed E-state index contributed by atoms with van der Waals surface area (Å²) in [5.74, 6) is 0. The van der Waals surface area contributed by atoms with Gasteiger partial charge >= 0.3 is 0 Å². The summed E-state index contributed by atoms with van der Waals surface area (Å²) in [6, 6.07) is 0. The van der Waals surface area contributed by atoms with E-state index in [1.54, 1.807) is 6.33 Å². The predicted octanol–water partition coefficient (Wildman–Crippen LogP) is 1.04. The van der Waals surface area contributed by atoms with E-state index < -0.39 is 0 Å². The van der Waals surface area contributed by atoms with E-state index in [-0.39, 0.29) is 0 Å². The second-order valence-corrected chi connectivity index (χ2v) is 3.79. The Kier molecular flexibility index (Phi) is 2.75. The highest BCUT2D eigenvalue weighted by Gasteiger charge is 2.10. The molecule has 1 aliphatic heterocycles. The summed E-state index contributed by atoms with van der Waals surface area (Å²) in [6.07, 6.45) is 4.45. The van der Waals surface area contributed by atoms with Gasteiger partial charge in [-0.05, 0) is 38.1 Å². The Morgan fingerprint density at radius 1 is 1.38 bits per heavy atom. The molecule has 1 saturated heterocycles. The normalized spacial score (nSPS) is 18.2. The first-order valence-electron chi connectivity index (χ1n) is 4.68. The quantitative estimate of drug-likeness (QED) is 0.737. The molecule has 0 bridgehead atoms. The van der Waals surface area contributed by atoms with Crippen LogP contribution >= 0.6 is 12.2 Å². The van der Waals surface area contributed by atoms with Crippen LogP contribution in [-0.4, -0.2) is 39.3 Å². The smallest absolute Gasteiger partial charge is 0.194 e. The second kappa shape index (κ2) is 4.02. The van der Waals surface area contributed by atoms with Crippen LogP contribution in [0.3, 0.4) is 0 Å². The van der Waals surface area contributed by atoms with E-state index in [1.165, 1.54) is 25.9 Å². The molecule has 13 heavy (non-hydrogen) atoms. The summed E-state index contributed by atoms with van der Waals surface area (Å²) in [6.45, 7) is 4.53. The molecule has 4 nitrogen and oxygen atoms in total. The van der Waals surface area contributed by atoms with Crippen molar-refractivity contribution in [3.63, 3.8) is 0 Å². The highest BCUT2D eigenvalue weighted by molar-refractivity contribution is 7.71. The highest BCUT2D eigenvalue weighted by atomic mass is 32.1. The van der Waals surface area contributed by atoms with Crippen molar-refractivity contribution in [2.24, 2.45) is 0 Å². The average Bonchev–Trinajstić information content (AvgIpc) is 2.72. The van der Waals surface area contributed by atoms with Crippen LogP contribution in [0.4, 0.5) is 0 Å². The third-order valence-electron chi connectivity index (χ3n) is 2.47. The zero-order chi connectivity index (χ0) is 9.10. The largest absolute Gasteiger partial charge is 0.305 e. The van der Waals surface area contributed by atoms with Crippen molar-refractivity contribution in [1.29, 1.82) is 0 Å². The number of aromatic nitrogens is 3. The summed E-state index contributed by atoms with van der Waals surface area (Å²) >= 11 is 5.05. The van der Waals surface area contributed by atoms with Gasteiger partial charge in [-0.1, -0.05) is 0 Å². The summed E-state index contributed by atoms with van der Waals surface area (Å²) in [4.78, 5) is 2.47. The number of hydrogen-bond acceptors (Lipinski definition) is 3. The molecule has 1 N–H and O–H groups in total. The minimum absolute atomic E-state index is 0.721. The fourth-order valence-corrected chi connectivity index (χ4v) is 1.88. The zero-order valence-electron chi connectivity index (χ0n) is 7.57. The van der Waals surface area contributed by atoms with Crippen LogP contribution in [0.1, 0.15) is 12.8 Å². The van der Waals surface area contributed by atoms with Crippen LogP contribution in [0, 0.1) is 4.77 Å².